The average molecular weight is 325 g/mol. The number of aliphatic hydroxyl groups is 1. The van der Waals surface area contributed by atoms with Crippen molar-refractivity contribution in [1.82, 2.24) is 4.90 Å². The number of piperidine rings is 1. The van der Waals surface area contributed by atoms with E-state index in [9.17, 15) is 4.79 Å². The van der Waals surface area contributed by atoms with Gasteiger partial charge in [0.05, 0.1) is 6.61 Å². The Morgan fingerprint density at radius 2 is 1.83 bits per heavy atom. The summed E-state index contributed by atoms with van der Waals surface area (Å²) in [6, 6.07) is 17.7. The molecule has 2 aromatic rings. The Morgan fingerprint density at radius 1 is 1.08 bits per heavy atom. The van der Waals surface area contributed by atoms with Crippen molar-refractivity contribution in [1.29, 1.82) is 0 Å². The van der Waals surface area contributed by atoms with Crippen molar-refractivity contribution in [3.63, 3.8) is 0 Å². The lowest BCUT2D eigenvalue weighted by molar-refractivity contribution is 0.0859. The Balaban J connectivity index is 1.57. The van der Waals surface area contributed by atoms with Gasteiger partial charge in [-0.25, -0.2) is 4.79 Å². The van der Waals surface area contributed by atoms with E-state index in [0.29, 0.717) is 19.1 Å². The molecular weight excluding hydrogens is 302 g/mol. The normalized spacial score (nSPS) is 17.5. The third-order valence-electron chi connectivity index (χ3n) is 4.52. The van der Waals surface area contributed by atoms with E-state index in [4.69, 9.17) is 9.84 Å². The number of rotatable bonds is 4. The molecule has 0 spiro atoms. The van der Waals surface area contributed by atoms with Gasteiger partial charge in [-0.1, -0.05) is 54.6 Å². The van der Waals surface area contributed by atoms with E-state index in [2.05, 4.69) is 12.1 Å². The summed E-state index contributed by atoms with van der Waals surface area (Å²) in [5.74, 6) is 0.329. The van der Waals surface area contributed by atoms with Gasteiger partial charge in [-0.3, -0.25) is 0 Å². The van der Waals surface area contributed by atoms with E-state index in [-0.39, 0.29) is 12.7 Å². The van der Waals surface area contributed by atoms with Crippen LogP contribution in [0.4, 0.5) is 4.79 Å². The molecule has 1 aliphatic heterocycles. The highest BCUT2D eigenvalue weighted by atomic mass is 16.6. The Kier molecular flexibility index (Phi) is 5.49. The van der Waals surface area contributed by atoms with Gasteiger partial charge >= 0.3 is 6.09 Å². The summed E-state index contributed by atoms with van der Waals surface area (Å²) in [5, 5.41) is 9.14. The lowest BCUT2D eigenvalue weighted by Gasteiger charge is -2.32. The number of amides is 1. The number of likely N-dealkylation sites (tertiary alicyclic amines) is 1. The molecule has 1 unspecified atom stereocenters. The minimum absolute atomic E-state index is 0.0584. The van der Waals surface area contributed by atoms with Crippen LogP contribution in [-0.2, 0) is 18.0 Å². The Hall–Kier alpha value is -2.33. The molecule has 1 fully saturated rings. The maximum Gasteiger partial charge on any atom is 0.410 e. The van der Waals surface area contributed by atoms with Crippen molar-refractivity contribution in [2.45, 2.75) is 32.0 Å². The molecule has 0 aromatic heterocycles. The molecule has 0 radical (unpaired) electrons. The summed E-state index contributed by atoms with van der Waals surface area (Å²) in [5.41, 5.74) is 3.13. The first-order chi connectivity index (χ1) is 11.8. The van der Waals surface area contributed by atoms with Gasteiger partial charge in [0, 0.05) is 19.0 Å². The van der Waals surface area contributed by atoms with Crippen molar-refractivity contribution >= 4 is 6.09 Å². The fraction of sp³-hybridized carbons (Fsp3) is 0.350. The van der Waals surface area contributed by atoms with Gasteiger partial charge in [-0.05, 0) is 29.5 Å². The maximum atomic E-state index is 12.3. The van der Waals surface area contributed by atoms with Crippen LogP contribution in [0.5, 0.6) is 0 Å². The number of carbonyl (C=O) groups excluding carboxylic acids is 1. The molecule has 1 amide bonds. The van der Waals surface area contributed by atoms with Gasteiger partial charge in [0.2, 0.25) is 0 Å². The van der Waals surface area contributed by atoms with Crippen molar-refractivity contribution in [2.24, 2.45) is 0 Å². The fourth-order valence-corrected chi connectivity index (χ4v) is 3.12. The molecule has 0 bridgehead atoms. The predicted octanol–water partition coefficient (Wildman–Crippen LogP) is 3.70. The third-order valence-corrected chi connectivity index (χ3v) is 4.52. The second-order valence-corrected chi connectivity index (χ2v) is 6.23. The molecule has 0 saturated carbocycles. The quantitative estimate of drug-likeness (QED) is 0.932. The van der Waals surface area contributed by atoms with Crippen molar-refractivity contribution in [3.8, 4) is 0 Å². The van der Waals surface area contributed by atoms with E-state index in [1.807, 2.05) is 42.5 Å². The maximum absolute atomic E-state index is 12.3. The van der Waals surface area contributed by atoms with Crippen LogP contribution >= 0.6 is 0 Å². The van der Waals surface area contributed by atoms with Crippen molar-refractivity contribution in [3.05, 3.63) is 71.3 Å². The molecule has 1 N–H and O–H groups in total. The molecule has 1 aliphatic rings. The molecule has 4 heteroatoms. The highest BCUT2D eigenvalue weighted by Crippen LogP contribution is 2.27. The van der Waals surface area contributed by atoms with Crippen LogP contribution in [0.1, 0.15) is 35.4 Å². The van der Waals surface area contributed by atoms with Gasteiger partial charge < -0.3 is 14.7 Å². The second-order valence-electron chi connectivity index (χ2n) is 6.23. The third kappa shape index (κ3) is 4.15. The summed E-state index contributed by atoms with van der Waals surface area (Å²) in [7, 11) is 0. The zero-order chi connectivity index (χ0) is 16.8. The summed E-state index contributed by atoms with van der Waals surface area (Å²) < 4.78 is 5.44. The van der Waals surface area contributed by atoms with Crippen LogP contribution in [0.25, 0.3) is 0 Å². The van der Waals surface area contributed by atoms with E-state index < -0.39 is 0 Å². The lowest BCUT2D eigenvalue weighted by atomic mass is 9.90. The van der Waals surface area contributed by atoms with Gasteiger partial charge in [-0.15, -0.1) is 0 Å². The SMILES string of the molecule is O=C(OCc1ccccc1)N1CCCC(c2ccc(CO)cc2)C1. The second kappa shape index (κ2) is 7.97. The fourth-order valence-electron chi connectivity index (χ4n) is 3.12. The first-order valence-corrected chi connectivity index (χ1v) is 8.41. The molecule has 3 rings (SSSR count). The first kappa shape index (κ1) is 16.5. The highest BCUT2D eigenvalue weighted by molar-refractivity contribution is 5.68. The van der Waals surface area contributed by atoms with Crippen molar-refractivity contribution in [2.75, 3.05) is 13.1 Å². The molecule has 1 heterocycles. The number of hydrogen-bond acceptors (Lipinski definition) is 3. The summed E-state index contributed by atoms with van der Waals surface area (Å²) >= 11 is 0. The number of benzene rings is 2. The topological polar surface area (TPSA) is 49.8 Å². The summed E-state index contributed by atoms with van der Waals surface area (Å²) in [6.07, 6.45) is 1.81. The molecule has 1 saturated heterocycles. The molecule has 24 heavy (non-hydrogen) atoms. The zero-order valence-electron chi connectivity index (χ0n) is 13.7. The Labute approximate surface area is 142 Å². The monoisotopic (exact) mass is 325 g/mol. The van der Waals surface area contributed by atoms with Crippen molar-refractivity contribution < 1.29 is 14.6 Å². The van der Waals surface area contributed by atoms with E-state index in [1.165, 1.54) is 5.56 Å². The van der Waals surface area contributed by atoms with E-state index in [0.717, 1.165) is 30.5 Å². The van der Waals surface area contributed by atoms with Crippen LogP contribution in [-0.4, -0.2) is 29.2 Å². The number of carbonyl (C=O) groups is 1. The molecule has 1 atom stereocenters. The minimum Gasteiger partial charge on any atom is -0.445 e. The van der Waals surface area contributed by atoms with Crippen LogP contribution in [0.3, 0.4) is 0 Å². The van der Waals surface area contributed by atoms with Crippen LogP contribution in [0.2, 0.25) is 0 Å². The molecule has 0 aliphatic carbocycles. The van der Waals surface area contributed by atoms with E-state index in [1.54, 1.807) is 4.90 Å². The minimum atomic E-state index is -0.240. The smallest absolute Gasteiger partial charge is 0.410 e. The Morgan fingerprint density at radius 3 is 2.54 bits per heavy atom. The molecule has 2 aromatic carbocycles. The lowest BCUT2D eigenvalue weighted by Crippen LogP contribution is -2.39. The zero-order valence-corrected chi connectivity index (χ0v) is 13.7. The van der Waals surface area contributed by atoms with Gasteiger partial charge in [0.15, 0.2) is 0 Å². The molecule has 4 nitrogen and oxygen atoms in total. The number of nitrogens with zero attached hydrogens (tertiary/aromatic N) is 1. The van der Waals surface area contributed by atoms with Crippen LogP contribution in [0.15, 0.2) is 54.6 Å². The first-order valence-electron chi connectivity index (χ1n) is 8.41. The van der Waals surface area contributed by atoms with Gasteiger partial charge in [0.1, 0.15) is 6.61 Å². The molecular formula is C20H23NO3. The average Bonchev–Trinajstić information content (AvgIpc) is 2.67. The molecule has 126 valence electrons. The number of aliphatic hydroxyl groups excluding tert-OH is 1. The van der Waals surface area contributed by atoms with Crippen LogP contribution in [0, 0.1) is 0 Å². The largest absolute Gasteiger partial charge is 0.445 e. The highest BCUT2D eigenvalue weighted by Gasteiger charge is 2.25. The Bertz CT molecular complexity index is 654. The summed E-state index contributed by atoms with van der Waals surface area (Å²) in [6.45, 7) is 1.81. The number of hydrogen-bond donors (Lipinski definition) is 1. The predicted molar refractivity (Wildman–Crippen MR) is 92.5 cm³/mol. The standard InChI is InChI=1S/C20H23NO3/c22-14-16-8-10-18(11-9-16)19-7-4-12-21(13-19)20(23)24-15-17-5-2-1-3-6-17/h1-3,5-6,8-11,19,22H,4,7,12-15H2. The van der Waals surface area contributed by atoms with E-state index >= 15 is 0 Å². The van der Waals surface area contributed by atoms with Gasteiger partial charge in [0.25, 0.3) is 0 Å². The van der Waals surface area contributed by atoms with Crippen LogP contribution < -0.4 is 0 Å². The number of ether oxygens (including phenoxy) is 1. The summed E-state index contributed by atoms with van der Waals surface area (Å²) in [4.78, 5) is 14.1. The van der Waals surface area contributed by atoms with Gasteiger partial charge in [-0.2, -0.15) is 0 Å².